The maximum atomic E-state index is 12.9. The second kappa shape index (κ2) is 7.41. The Bertz CT molecular complexity index is 547. The van der Waals surface area contributed by atoms with E-state index >= 15 is 0 Å². The summed E-state index contributed by atoms with van der Waals surface area (Å²) in [6.45, 7) is 7.42. The van der Waals surface area contributed by atoms with Gasteiger partial charge in [-0.2, -0.15) is 0 Å². The Kier molecular flexibility index (Phi) is 5.57. The van der Waals surface area contributed by atoms with Gasteiger partial charge in [-0.15, -0.1) is 0 Å². The van der Waals surface area contributed by atoms with Crippen LogP contribution in [0.15, 0.2) is 40.8 Å². The molecule has 0 saturated heterocycles. The number of hydrogen-bond donors (Lipinski definition) is 1. The third kappa shape index (κ3) is 4.71. The van der Waals surface area contributed by atoms with Crippen LogP contribution in [0.5, 0.6) is 0 Å². The summed E-state index contributed by atoms with van der Waals surface area (Å²) in [5.41, 5.74) is 0.898. The van der Waals surface area contributed by atoms with Gasteiger partial charge in [-0.3, -0.25) is 0 Å². The summed E-state index contributed by atoms with van der Waals surface area (Å²) in [5.74, 6) is 2.19. The van der Waals surface area contributed by atoms with Crippen LogP contribution in [0.4, 0.5) is 4.39 Å². The van der Waals surface area contributed by atoms with Gasteiger partial charge in [0, 0.05) is 11.6 Å². The van der Waals surface area contributed by atoms with Gasteiger partial charge < -0.3 is 9.73 Å². The second-order valence-corrected chi connectivity index (χ2v) is 5.80. The highest BCUT2D eigenvalue weighted by Crippen LogP contribution is 2.22. The molecule has 1 heterocycles. The Morgan fingerprint density at radius 1 is 1.10 bits per heavy atom. The molecule has 2 nitrogen and oxygen atoms in total. The van der Waals surface area contributed by atoms with Gasteiger partial charge in [0.25, 0.3) is 0 Å². The van der Waals surface area contributed by atoms with Crippen molar-refractivity contribution in [2.45, 2.75) is 46.2 Å². The van der Waals surface area contributed by atoms with E-state index in [9.17, 15) is 4.39 Å². The molecule has 114 valence electrons. The number of benzene rings is 1. The zero-order valence-corrected chi connectivity index (χ0v) is 13.0. The first-order valence-electron chi connectivity index (χ1n) is 7.66. The first-order chi connectivity index (χ1) is 10.1. The second-order valence-electron chi connectivity index (χ2n) is 5.80. The lowest BCUT2D eigenvalue weighted by molar-refractivity contribution is 0.393. The minimum absolute atomic E-state index is 0.230. The van der Waals surface area contributed by atoms with Crippen molar-refractivity contribution in [1.29, 1.82) is 0 Å². The number of hydrogen-bond acceptors (Lipinski definition) is 2. The van der Waals surface area contributed by atoms with Crippen molar-refractivity contribution >= 4 is 0 Å². The molecule has 21 heavy (non-hydrogen) atoms. The number of nitrogens with one attached hydrogen (secondary N) is 1. The summed E-state index contributed by atoms with van der Waals surface area (Å²) in [4.78, 5) is 0. The summed E-state index contributed by atoms with van der Waals surface area (Å²) < 4.78 is 18.7. The van der Waals surface area contributed by atoms with Crippen LogP contribution >= 0.6 is 0 Å². The molecule has 0 amide bonds. The third-order valence-corrected chi connectivity index (χ3v) is 3.87. The summed E-state index contributed by atoms with van der Waals surface area (Å²) in [5, 5.41) is 3.48. The van der Waals surface area contributed by atoms with Crippen LogP contribution in [0.2, 0.25) is 0 Å². The van der Waals surface area contributed by atoms with Crippen molar-refractivity contribution in [3.05, 3.63) is 48.0 Å². The van der Waals surface area contributed by atoms with E-state index < -0.39 is 0 Å². The Labute approximate surface area is 126 Å². The Morgan fingerprint density at radius 2 is 1.81 bits per heavy atom. The topological polar surface area (TPSA) is 25.2 Å². The molecule has 2 atom stereocenters. The van der Waals surface area contributed by atoms with Gasteiger partial charge in [-0.1, -0.05) is 20.3 Å². The fourth-order valence-corrected chi connectivity index (χ4v) is 2.37. The van der Waals surface area contributed by atoms with Gasteiger partial charge in [-0.05, 0) is 55.7 Å². The highest BCUT2D eigenvalue weighted by atomic mass is 19.1. The predicted octanol–water partition coefficient (Wildman–Crippen LogP) is 5.00. The van der Waals surface area contributed by atoms with Crippen molar-refractivity contribution < 1.29 is 8.81 Å². The average Bonchev–Trinajstić information content (AvgIpc) is 2.94. The summed E-state index contributed by atoms with van der Waals surface area (Å²) >= 11 is 0. The van der Waals surface area contributed by atoms with Gasteiger partial charge in [0.15, 0.2) is 0 Å². The molecule has 2 aromatic rings. The van der Waals surface area contributed by atoms with Crippen LogP contribution in [-0.2, 0) is 6.54 Å². The van der Waals surface area contributed by atoms with Crippen LogP contribution in [0, 0.1) is 11.7 Å². The van der Waals surface area contributed by atoms with Crippen LogP contribution in [0.1, 0.15) is 39.4 Å². The Hall–Kier alpha value is -1.61. The molecule has 0 aliphatic rings. The van der Waals surface area contributed by atoms with Crippen LogP contribution in [-0.4, -0.2) is 6.04 Å². The fraction of sp³-hybridized carbons (Fsp3) is 0.444. The minimum atomic E-state index is -0.230. The lowest BCUT2D eigenvalue weighted by Gasteiger charge is -2.16. The lowest BCUT2D eigenvalue weighted by Crippen LogP contribution is -2.27. The van der Waals surface area contributed by atoms with Gasteiger partial charge in [0.05, 0.1) is 6.54 Å². The summed E-state index contributed by atoms with van der Waals surface area (Å²) in [7, 11) is 0. The van der Waals surface area contributed by atoms with E-state index in [1.807, 2.05) is 12.1 Å². The molecule has 3 heteroatoms. The van der Waals surface area contributed by atoms with E-state index in [2.05, 4.69) is 26.1 Å². The van der Waals surface area contributed by atoms with Crippen LogP contribution in [0.3, 0.4) is 0 Å². The van der Waals surface area contributed by atoms with Crippen LogP contribution in [0.25, 0.3) is 11.3 Å². The maximum absolute atomic E-state index is 12.9. The van der Waals surface area contributed by atoms with E-state index in [1.165, 1.54) is 25.0 Å². The fourth-order valence-electron chi connectivity index (χ4n) is 2.37. The molecule has 2 unspecified atom stereocenters. The van der Waals surface area contributed by atoms with E-state index in [4.69, 9.17) is 4.42 Å². The lowest BCUT2D eigenvalue weighted by atomic mass is 10.0. The molecule has 0 fully saturated rings. The van der Waals surface area contributed by atoms with Crippen molar-refractivity contribution in [3.63, 3.8) is 0 Å². The van der Waals surface area contributed by atoms with E-state index in [1.54, 1.807) is 12.1 Å². The summed E-state index contributed by atoms with van der Waals surface area (Å²) in [6, 6.07) is 10.7. The quantitative estimate of drug-likeness (QED) is 0.776. The highest BCUT2D eigenvalue weighted by molar-refractivity contribution is 5.57. The number of furan rings is 1. The molecule has 0 saturated carbocycles. The van der Waals surface area contributed by atoms with Gasteiger partial charge >= 0.3 is 0 Å². The van der Waals surface area contributed by atoms with E-state index in [0.717, 1.165) is 29.5 Å². The van der Waals surface area contributed by atoms with Gasteiger partial charge in [0.1, 0.15) is 17.3 Å². The molecule has 1 N–H and O–H groups in total. The van der Waals surface area contributed by atoms with Crippen LogP contribution < -0.4 is 5.32 Å². The maximum Gasteiger partial charge on any atom is 0.134 e. The molecule has 0 radical (unpaired) electrons. The average molecular weight is 289 g/mol. The molecule has 0 bridgehead atoms. The van der Waals surface area contributed by atoms with Gasteiger partial charge in [0.2, 0.25) is 0 Å². The smallest absolute Gasteiger partial charge is 0.134 e. The normalized spacial score (nSPS) is 14.1. The number of rotatable bonds is 7. The summed E-state index contributed by atoms with van der Waals surface area (Å²) in [6.07, 6.45) is 2.38. The molecular formula is C18H24FNO. The highest BCUT2D eigenvalue weighted by Gasteiger charge is 2.09. The molecule has 0 aliphatic heterocycles. The molecule has 1 aromatic heterocycles. The monoisotopic (exact) mass is 289 g/mol. The molecular weight excluding hydrogens is 265 g/mol. The largest absolute Gasteiger partial charge is 0.460 e. The molecule has 0 spiro atoms. The molecule has 0 aliphatic carbocycles. The first kappa shape index (κ1) is 15.8. The Morgan fingerprint density at radius 3 is 2.48 bits per heavy atom. The van der Waals surface area contributed by atoms with Crippen molar-refractivity contribution in [2.24, 2.45) is 5.92 Å². The molecule has 1 aromatic carbocycles. The zero-order valence-electron chi connectivity index (χ0n) is 13.0. The standard InChI is InChI=1S/C18H24FNO/c1-4-13(2)11-14(3)20-12-17-9-10-18(21-17)15-5-7-16(19)8-6-15/h5-10,13-14,20H,4,11-12H2,1-3H3. The SMILES string of the molecule is CCC(C)CC(C)NCc1ccc(-c2ccc(F)cc2)o1. The van der Waals surface area contributed by atoms with Gasteiger partial charge in [-0.25, -0.2) is 4.39 Å². The predicted molar refractivity (Wildman–Crippen MR) is 84.5 cm³/mol. The minimum Gasteiger partial charge on any atom is -0.460 e. The third-order valence-electron chi connectivity index (χ3n) is 3.87. The van der Waals surface area contributed by atoms with E-state index in [0.29, 0.717) is 6.04 Å². The van der Waals surface area contributed by atoms with Crippen molar-refractivity contribution in [1.82, 2.24) is 5.32 Å². The zero-order chi connectivity index (χ0) is 15.2. The molecule has 2 rings (SSSR count). The number of halogens is 1. The van der Waals surface area contributed by atoms with Crippen molar-refractivity contribution in [3.8, 4) is 11.3 Å². The Balaban J connectivity index is 1.90. The van der Waals surface area contributed by atoms with Crippen molar-refractivity contribution in [2.75, 3.05) is 0 Å². The van der Waals surface area contributed by atoms with E-state index in [-0.39, 0.29) is 5.82 Å². The first-order valence-corrected chi connectivity index (χ1v) is 7.66.